The van der Waals surface area contributed by atoms with Crippen LogP contribution in [-0.2, 0) is 16.0 Å². The van der Waals surface area contributed by atoms with Gasteiger partial charge in [-0.15, -0.1) is 5.10 Å². The van der Waals surface area contributed by atoms with Gasteiger partial charge in [0.05, 0.1) is 33.0 Å². The molecule has 0 aliphatic carbocycles. The van der Waals surface area contributed by atoms with Crippen LogP contribution in [0.5, 0.6) is 11.6 Å². The summed E-state index contributed by atoms with van der Waals surface area (Å²) in [6, 6.07) is 5.74. The summed E-state index contributed by atoms with van der Waals surface area (Å²) in [7, 11) is 0. The SMILES string of the molecule is Cc1cc(OCCCNCCC(=O)NC(CO)(CO)CO)ccc1Cc1c(O[C@@H]2O[C@H](CO)[C@@H](O)[C@H](O)[C@H]2O)n[nH]c1C(C)C. The first-order valence-corrected chi connectivity index (χ1v) is 15.1. The van der Waals surface area contributed by atoms with E-state index in [0.29, 0.717) is 38.3 Å². The van der Waals surface area contributed by atoms with Crippen molar-refractivity contribution in [3.05, 3.63) is 40.6 Å². The number of carbonyl (C=O) groups is 1. The summed E-state index contributed by atoms with van der Waals surface area (Å²) in [5.41, 5.74) is 2.09. The van der Waals surface area contributed by atoms with Crippen molar-refractivity contribution in [3.8, 4) is 11.6 Å². The number of nitrogens with one attached hydrogen (secondary N) is 3. The van der Waals surface area contributed by atoms with Gasteiger partial charge in [0, 0.05) is 30.6 Å². The number of nitrogens with zero attached hydrogens (tertiary/aromatic N) is 1. The van der Waals surface area contributed by atoms with E-state index in [-0.39, 0.29) is 18.2 Å². The number of H-pyrrole nitrogens is 1. The summed E-state index contributed by atoms with van der Waals surface area (Å²) < 4.78 is 17.3. The second-order valence-corrected chi connectivity index (χ2v) is 11.7. The van der Waals surface area contributed by atoms with E-state index < -0.39 is 68.6 Å². The highest BCUT2D eigenvalue weighted by Gasteiger charge is 2.45. The Morgan fingerprint density at radius 1 is 1.07 bits per heavy atom. The Balaban J connectivity index is 1.52. The van der Waals surface area contributed by atoms with Gasteiger partial charge in [0.2, 0.25) is 18.1 Å². The van der Waals surface area contributed by atoms with E-state index in [1.54, 1.807) is 0 Å². The standard InChI is InChI=1S/C30H48N4O11/c1-17(2)24-21(28(34-33-24)45-29-27(42)26(41)25(40)22(13-35)44-29)12-19-5-6-20(11-18(19)3)43-10-4-8-31-9-7-23(39)32-30(14-36,15-37)16-38/h5-6,11,17,22,25-27,29,31,35-38,40-42H,4,7-10,12-16H2,1-3H3,(H,32,39)(H,33,34)/t22-,25-,26+,27-,29+/m1/s1. The minimum absolute atomic E-state index is 0.0701. The molecule has 2 aromatic rings. The highest BCUT2D eigenvalue weighted by atomic mass is 16.7. The van der Waals surface area contributed by atoms with Crippen molar-refractivity contribution in [2.75, 3.05) is 46.1 Å². The average Bonchev–Trinajstić information content (AvgIpc) is 3.43. The molecule has 1 saturated heterocycles. The molecule has 1 amide bonds. The van der Waals surface area contributed by atoms with E-state index in [9.17, 15) is 40.5 Å². The van der Waals surface area contributed by atoms with E-state index in [1.807, 2.05) is 39.0 Å². The molecular formula is C30H48N4O11. The van der Waals surface area contributed by atoms with Gasteiger partial charge >= 0.3 is 0 Å². The molecule has 0 spiro atoms. The smallest absolute Gasteiger partial charge is 0.238 e. The lowest BCUT2D eigenvalue weighted by atomic mass is 9.96. The second kappa shape index (κ2) is 17.2. The number of aliphatic hydroxyl groups is 7. The van der Waals surface area contributed by atoms with Gasteiger partial charge in [-0.25, -0.2) is 0 Å². The second-order valence-electron chi connectivity index (χ2n) is 11.7. The summed E-state index contributed by atoms with van der Waals surface area (Å²) in [5, 5.41) is 80.9. The highest BCUT2D eigenvalue weighted by molar-refractivity contribution is 5.77. The lowest BCUT2D eigenvalue weighted by molar-refractivity contribution is -0.278. The van der Waals surface area contributed by atoms with Crippen molar-refractivity contribution >= 4 is 5.91 Å². The van der Waals surface area contributed by atoms with Gasteiger partial charge in [0.15, 0.2) is 0 Å². The molecule has 45 heavy (non-hydrogen) atoms. The number of ether oxygens (including phenoxy) is 3. The molecule has 1 aliphatic heterocycles. The molecule has 0 radical (unpaired) electrons. The number of hydrogen-bond acceptors (Lipinski definition) is 13. The van der Waals surface area contributed by atoms with Crippen LogP contribution in [0.15, 0.2) is 18.2 Å². The third kappa shape index (κ3) is 9.57. The number of amides is 1. The summed E-state index contributed by atoms with van der Waals surface area (Å²) in [6.45, 7) is 5.11. The van der Waals surface area contributed by atoms with Crippen molar-refractivity contribution in [1.29, 1.82) is 0 Å². The van der Waals surface area contributed by atoms with Gasteiger partial charge < -0.3 is 60.6 Å². The predicted octanol–water partition coefficient (Wildman–Crippen LogP) is -1.81. The first-order valence-electron chi connectivity index (χ1n) is 15.1. The molecule has 0 saturated carbocycles. The number of rotatable bonds is 18. The number of aromatic nitrogens is 2. The van der Waals surface area contributed by atoms with Crippen LogP contribution in [0.4, 0.5) is 0 Å². The maximum atomic E-state index is 12.0. The van der Waals surface area contributed by atoms with Gasteiger partial charge in [0.1, 0.15) is 35.7 Å². The molecule has 3 rings (SSSR count). The van der Waals surface area contributed by atoms with Gasteiger partial charge in [0.25, 0.3) is 0 Å². The number of aromatic amines is 1. The van der Waals surface area contributed by atoms with Gasteiger partial charge in [-0.3, -0.25) is 9.89 Å². The number of aryl methyl sites for hydroxylation is 1. The Labute approximate surface area is 262 Å². The zero-order valence-electron chi connectivity index (χ0n) is 26.0. The summed E-state index contributed by atoms with van der Waals surface area (Å²) in [5.74, 6) is 0.552. The molecule has 0 unspecified atom stereocenters. The monoisotopic (exact) mass is 640 g/mol. The number of aliphatic hydroxyl groups excluding tert-OH is 7. The van der Waals surface area contributed by atoms with Crippen molar-refractivity contribution < 1.29 is 54.8 Å². The van der Waals surface area contributed by atoms with Gasteiger partial charge in [-0.05, 0) is 49.1 Å². The maximum absolute atomic E-state index is 12.0. The van der Waals surface area contributed by atoms with E-state index >= 15 is 0 Å². The zero-order chi connectivity index (χ0) is 33.1. The third-order valence-corrected chi connectivity index (χ3v) is 7.80. The van der Waals surface area contributed by atoms with Crippen LogP contribution in [0.25, 0.3) is 0 Å². The first kappa shape index (κ1) is 36.6. The average molecular weight is 641 g/mol. The third-order valence-electron chi connectivity index (χ3n) is 7.80. The van der Waals surface area contributed by atoms with Crippen molar-refractivity contribution in [2.45, 2.75) is 82.2 Å². The Kier molecular flexibility index (Phi) is 14.0. The Bertz CT molecular complexity index is 1200. The van der Waals surface area contributed by atoms with Crippen molar-refractivity contribution in [1.82, 2.24) is 20.8 Å². The van der Waals surface area contributed by atoms with Crippen molar-refractivity contribution in [2.24, 2.45) is 0 Å². The van der Waals surface area contributed by atoms with Gasteiger partial charge in [-0.2, -0.15) is 0 Å². The molecule has 10 N–H and O–H groups in total. The maximum Gasteiger partial charge on any atom is 0.238 e. The Morgan fingerprint density at radius 3 is 2.40 bits per heavy atom. The fraction of sp³-hybridized carbons (Fsp3) is 0.667. The van der Waals surface area contributed by atoms with E-state index in [0.717, 1.165) is 22.4 Å². The summed E-state index contributed by atoms with van der Waals surface area (Å²) >= 11 is 0. The van der Waals surface area contributed by atoms with E-state index in [1.165, 1.54) is 0 Å². The summed E-state index contributed by atoms with van der Waals surface area (Å²) in [6.07, 6.45) is -5.83. The molecule has 254 valence electrons. The minimum Gasteiger partial charge on any atom is -0.494 e. The fourth-order valence-corrected chi connectivity index (χ4v) is 4.87. The lowest BCUT2D eigenvalue weighted by Crippen LogP contribution is -2.60. The molecule has 1 aromatic heterocycles. The molecule has 1 fully saturated rings. The summed E-state index contributed by atoms with van der Waals surface area (Å²) in [4.78, 5) is 12.0. The lowest BCUT2D eigenvalue weighted by Gasteiger charge is -2.39. The highest BCUT2D eigenvalue weighted by Crippen LogP contribution is 2.32. The van der Waals surface area contributed by atoms with Crippen LogP contribution in [0.3, 0.4) is 0 Å². The Hall–Kier alpha value is -2.86. The van der Waals surface area contributed by atoms with E-state index in [4.69, 9.17) is 14.2 Å². The van der Waals surface area contributed by atoms with Crippen LogP contribution in [-0.4, -0.2) is 134 Å². The van der Waals surface area contributed by atoms with Crippen molar-refractivity contribution in [3.63, 3.8) is 0 Å². The van der Waals surface area contributed by atoms with Crippen LogP contribution in [0.2, 0.25) is 0 Å². The van der Waals surface area contributed by atoms with Crippen LogP contribution < -0.4 is 20.1 Å². The number of hydrogen-bond donors (Lipinski definition) is 10. The largest absolute Gasteiger partial charge is 0.494 e. The van der Waals surface area contributed by atoms with Crippen LogP contribution >= 0.6 is 0 Å². The number of carbonyl (C=O) groups excluding carboxylic acids is 1. The minimum atomic E-state index is -1.57. The first-order chi connectivity index (χ1) is 21.5. The molecular weight excluding hydrogens is 592 g/mol. The molecule has 5 atom stereocenters. The fourth-order valence-electron chi connectivity index (χ4n) is 4.87. The zero-order valence-corrected chi connectivity index (χ0v) is 26.0. The van der Waals surface area contributed by atoms with Crippen LogP contribution in [0.1, 0.15) is 55.0 Å². The molecule has 0 bridgehead atoms. The Morgan fingerprint density at radius 2 is 1.78 bits per heavy atom. The molecule has 1 aliphatic rings. The molecule has 1 aromatic carbocycles. The molecule has 2 heterocycles. The van der Waals surface area contributed by atoms with E-state index in [2.05, 4.69) is 20.8 Å². The van der Waals surface area contributed by atoms with Crippen LogP contribution in [0, 0.1) is 6.92 Å². The van der Waals surface area contributed by atoms with Gasteiger partial charge in [-0.1, -0.05) is 19.9 Å². The normalized spacial score (nSPS) is 22.1. The molecule has 15 nitrogen and oxygen atoms in total. The molecule has 15 heteroatoms. The topological polar surface area (TPSA) is 239 Å². The predicted molar refractivity (Wildman–Crippen MR) is 161 cm³/mol. The quantitative estimate of drug-likeness (QED) is 0.0810. The number of benzene rings is 1.